The molecule has 3 heteroatoms. The van der Waals surface area contributed by atoms with Gasteiger partial charge in [0.05, 0.1) is 6.42 Å². The molecule has 0 saturated heterocycles. The van der Waals surface area contributed by atoms with Crippen molar-refractivity contribution < 1.29 is 9.53 Å². The molecule has 0 saturated carbocycles. The van der Waals surface area contributed by atoms with Gasteiger partial charge in [0, 0.05) is 5.56 Å². The van der Waals surface area contributed by atoms with Crippen LogP contribution in [0.3, 0.4) is 0 Å². The smallest absolute Gasteiger partial charge is 0.226 e. The summed E-state index contributed by atoms with van der Waals surface area (Å²) in [6.07, 6.45) is 0.187. The molecule has 0 aliphatic carbocycles. The molecule has 2 nitrogen and oxygen atoms in total. The molecule has 0 amide bonds. The van der Waals surface area contributed by atoms with Crippen LogP contribution in [-0.4, -0.2) is 5.24 Å². The summed E-state index contributed by atoms with van der Waals surface area (Å²) >= 11 is 5.41. The number of carbonyl (C=O) groups is 1. The van der Waals surface area contributed by atoms with Crippen LogP contribution in [-0.2, 0) is 17.8 Å². The van der Waals surface area contributed by atoms with Crippen LogP contribution >= 0.6 is 11.6 Å². The molecule has 0 heterocycles. The maximum absolute atomic E-state index is 10.9. The van der Waals surface area contributed by atoms with Crippen molar-refractivity contribution in [2.45, 2.75) is 13.0 Å². The van der Waals surface area contributed by atoms with E-state index in [0.29, 0.717) is 12.4 Å². The van der Waals surface area contributed by atoms with Gasteiger partial charge in [0.1, 0.15) is 12.4 Å². The van der Waals surface area contributed by atoms with Gasteiger partial charge in [-0.3, -0.25) is 4.79 Å². The van der Waals surface area contributed by atoms with Gasteiger partial charge in [-0.25, -0.2) is 0 Å². The normalized spacial score (nSPS) is 10.1. The quantitative estimate of drug-likeness (QED) is 0.768. The fraction of sp³-hybridized carbons (Fsp3) is 0.133. The van der Waals surface area contributed by atoms with E-state index in [0.717, 1.165) is 11.1 Å². The van der Waals surface area contributed by atoms with Gasteiger partial charge < -0.3 is 4.74 Å². The van der Waals surface area contributed by atoms with Crippen LogP contribution in [0.25, 0.3) is 0 Å². The van der Waals surface area contributed by atoms with Crippen molar-refractivity contribution in [3.63, 3.8) is 0 Å². The van der Waals surface area contributed by atoms with E-state index in [2.05, 4.69) is 0 Å². The van der Waals surface area contributed by atoms with Crippen LogP contribution in [0.15, 0.2) is 54.6 Å². The maximum atomic E-state index is 10.9. The van der Waals surface area contributed by atoms with Crippen molar-refractivity contribution in [2.24, 2.45) is 0 Å². The van der Waals surface area contributed by atoms with Gasteiger partial charge in [-0.15, -0.1) is 0 Å². The third kappa shape index (κ3) is 3.60. The summed E-state index contributed by atoms with van der Waals surface area (Å²) in [5.74, 6) is 0.704. The monoisotopic (exact) mass is 260 g/mol. The van der Waals surface area contributed by atoms with Gasteiger partial charge in [-0.2, -0.15) is 0 Å². The van der Waals surface area contributed by atoms with Crippen molar-refractivity contribution in [3.8, 4) is 5.75 Å². The second-order valence-corrected chi connectivity index (χ2v) is 4.34. The second kappa shape index (κ2) is 6.22. The van der Waals surface area contributed by atoms with E-state index in [4.69, 9.17) is 16.3 Å². The van der Waals surface area contributed by atoms with Gasteiger partial charge in [-0.1, -0.05) is 48.5 Å². The van der Waals surface area contributed by atoms with Crippen LogP contribution < -0.4 is 4.74 Å². The van der Waals surface area contributed by atoms with E-state index in [1.807, 2.05) is 54.6 Å². The summed E-state index contributed by atoms with van der Waals surface area (Å²) in [6.45, 7) is 0.480. The number of halogens is 1. The topological polar surface area (TPSA) is 26.3 Å². The lowest BCUT2D eigenvalue weighted by molar-refractivity contribution is -0.111. The van der Waals surface area contributed by atoms with Crippen LogP contribution in [0.1, 0.15) is 11.1 Å². The summed E-state index contributed by atoms with van der Waals surface area (Å²) in [5.41, 5.74) is 1.90. The SMILES string of the molecule is O=C(Cl)Cc1ccccc1OCc1ccccc1. The molecule has 0 unspecified atom stereocenters. The lowest BCUT2D eigenvalue weighted by atomic mass is 10.1. The van der Waals surface area contributed by atoms with Crippen molar-refractivity contribution in [1.82, 2.24) is 0 Å². The van der Waals surface area contributed by atoms with Crippen LogP contribution in [0.4, 0.5) is 0 Å². The number of ether oxygens (including phenoxy) is 1. The van der Waals surface area contributed by atoms with Gasteiger partial charge in [-0.05, 0) is 23.2 Å². The first kappa shape index (κ1) is 12.7. The van der Waals surface area contributed by atoms with Gasteiger partial charge in [0.15, 0.2) is 0 Å². The molecular weight excluding hydrogens is 248 g/mol. The molecule has 2 rings (SSSR count). The lowest BCUT2D eigenvalue weighted by Crippen LogP contribution is -2.01. The molecule has 0 radical (unpaired) electrons. The Balaban J connectivity index is 2.07. The largest absolute Gasteiger partial charge is 0.489 e. The standard InChI is InChI=1S/C15H13ClO2/c16-15(17)10-13-8-4-5-9-14(13)18-11-12-6-2-1-3-7-12/h1-9H,10-11H2. The highest BCUT2D eigenvalue weighted by molar-refractivity contribution is 6.63. The molecular formula is C15H13ClO2. The van der Waals surface area contributed by atoms with E-state index in [1.165, 1.54) is 0 Å². The Morgan fingerprint density at radius 3 is 2.39 bits per heavy atom. The minimum absolute atomic E-state index is 0.187. The van der Waals surface area contributed by atoms with E-state index in [-0.39, 0.29) is 11.7 Å². The average Bonchev–Trinajstić information content (AvgIpc) is 2.38. The van der Waals surface area contributed by atoms with Gasteiger partial charge in [0.2, 0.25) is 5.24 Å². The second-order valence-electron chi connectivity index (χ2n) is 3.91. The highest BCUT2D eigenvalue weighted by Gasteiger charge is 2.06. The molecule has 92 valence electrons. The maximum Gasteiger partial charge on any atom is 0.226 e. The molecule has 0 aliphatic rings. The van der Waals surface area contributed by atoms with E-state index in [1.54, 1.807) is 0 Å². The number of carbonyl (C=O) groups excluding carboxylic acids is 1. The number of rotatable bonds is 5. The Morgan fingerprint density at radius 1 is 1.00 bits per heavy atom. The lowest BCUT2D eigenvalue weighted by Gasteiger charge is -2.10. The molecule has 2 aromatic rings. The minimum atomic E-state index is -0.384. The third-order valence-electron chi connectivity index (χ3n) is 2.54. The number of hydrogen-bond acceptors (Lipinski definition) is 2. The zero-order valence-electron chi connectivity index (χ0n) is 9.80. The predicted molar refractivity (Wildman–Crippen MR) is 71.8 cm³/mol. The van der Waals surface area contributed by atoms with Crippen LogP contribution in [0.2, 0.25) is 0 Å². The Hall–Kier alpha value is -1.80. The molecule has 0 fully saturated rings. The van der Waals surface area contributed by atoms with Gasteiger partial charge in [0.25, 0.3) is 0 Å². The summed E-state index contributed by atoms with van der Waals surface area (Å²) in [4.78, 5) is 10.9. The van der Waals surface area contributed by atoms with Gasteiger partial charge >= 0.3 is 0 Å². The number of para-hydroxylation sites is 1. The first-order valence-corrected chi connectivity index (χ1v) is 6.06. The summed E-state index contributed by atoms with van der Waals surface area (Å²) in [7, 11) is 0. The molecule has 0 bridgehead atoms. The Bertz CT molecular complexity index is 523. The fourth-order valence-electron chi connectivity index (χ4n) is 1.68. The zero-order valence-corrected chi connectivity index (χ0v) is 10.6. The van der Waals surface area contributed by atoms with Crippen molar-refractivity contribution in [1.29, 1.82) is 0 Å². The molecule has 18 heavy (non-hydrogen) atoms. The summed E-state index contributed by atoms with van der Waals surface area (Å²) < 4.78 is 5.71. The first-order chi connectivity index (χ1) is 8.75. The number of benzene rings is 2. The predicted octanol–water partition coefficient (Wildman–Crippen LogP) is 3.57. The highest BCUT2D eigenvalue weighted by atomic mass is 35.5. The summed E-state index contributed by atoms with van der Waals surface area (Å²) in [5, 5.41) is -0.384. The molecule has 0 aliphatic heterocycles. The van der Waals surface area contributed by atoms with Crippen molar-refractivity contribution in [2.75, 3.05) is 0 Å². The third-order valence-corrected chi connectivity index (χ3v) is 2.67. The van der Waals surface area contributed by atoms with E-state index in [9.17, 15) is 4.79 Å². The molecule has 0 aromatic heterocycles. The van der Waals surface area contributed by atoms with Crippen molar-refractivity contribution >= 4 is 16.8 Å². The fourth-order valence-corrected chi connectivity index (χ4v) is 1.82. The van der Waals surface area contributed by atoms with Crippen LogP contribution in [0.5, 0.6) is 5.75 Å². The molecule has 0 N–H and O–H groups in total. The number of hydrogen-bond donors (Lipinski definition) is 0. The Labute approximate surface area is 111 Å². The van der Waals surface area contributed by atoms with Crippen molar-refractivity contribution in [3.05, 3.63) is 65.7 Å². The van der Waals surface area contributed by atoms with E-state index < -0.39 is 0 Å². The minimum Gasteiger partial charge on any atom is -0.489 e. The Kier molecular flexibility index (Phi) is 4.37. The molecule has 2 aromatic carbocycles. The van der Waals surface area contributed by atoms with Crippen LogP contribution in [0, 0.1) is 0 Å². The van der Waals surface area contributed by atoms with E-state index >= 15 is 0 Å². The highest BCUT2D eigenvalue weighted by Crippen LogP contribution is 2.20. The molecule has 0 spiro atoms. The Morgan fingerprint density at radius 2 is 1.67 bits per heavy atom. The average molecular weight is 261 g/mol. The molecule has 0 atom stereocenters. The summed E-state index contributed by atoms with van der Waals surface area (Å²) in [6, 6.07) is 17.3. The zero-order chi connectivity index (χ0) is 12.8. The first-order valence-electron chi connectivity index (χ1n) is 5.68.